The van der Waals surface area contributed by atoms with Crippen molar-refractivity contribution < 1.29 is 18.7 Å². The molecule has 3 aliphatic rings. The van der Waals surface area contributed by atoms with E-state index in [9.17, 15) is 14.0 Å². The lowest BCUT2D eigenvalue weighted by Gasteiger charge is -2.27. The number of fused-ring (bicyclic) bond motifs is 1. The maximum Gasteiger partial charge on any atom is 0.302 e. The Bertz CT molecular complexity index is 574. The minimum atomic E-state index is -1.08. The molecule has 3 rings (SSSR count). The van der Waals surface area contributed by atoms with E-state index in [2.05, 4.69) is 6.92 Å². The second-order valence-corrected chi connectivity index (χ2v) is 8.47. The van der Waals surface area contributed by atoms with Crippen LogP contribution in [0.15, 0.2) is 0 Å². The van der Waals surface area contributed by atoms with Crippen molar-refractivity contribution >= 4 is 11.9 Å². The summed E-state index contributed by atoms with van der Waals surface area (Å²) in [6.07, 6.45) is 4.25. The molecule has 0 radical (unpaired) electrons. The molecule has 1 amide bonds. The maximum absolute atomic E-state index is 13.5. The van der Waals surface area contributed by atoms with Gasteiger partial charge in [-0.1, -0.05) is 6.92 Å². The van der Waals surface area contributed by atoms with Crippen LogP contribution in [0.25, 0.3) is 0 Å². The van der Waals surface area contributed by atoms with E-state index in [0.717, 1.165) is 32.1 Å². The number of ether oxygens (including phenoxy) is 1. The number of carbonyl (C=O) groups is 2. The standard InChI is InChI=1S/C19H27FN2O3/c1-12(23)25-17-5-13-8-19(2,9-14(13)6-17)4-3-18(24)22-11-15(20)7-16(22)10-21/h13-17H,3-9,11H2,1-2H3/t13-,14+,15-,16-,17?,19?/m0/s1. The van der Waals surface area contributed by atoms with Crippen LogP contribution in [0.1, 0.15) is 58.8 Å². The molecule has 2 aliphatic carbocycles. The number of hydrogen-bond donors (Lipinski definition) is 0. The molecule has 3 fully saturated rings. The van der Waals surface area contributed by atoms with Gasteiger partial charge in [-0.3, -0.25) is 9.59 Å². The lowest BCUT2D eigenvalue weighted by atomic mass is 9.81. The Hall–Kier alpha value is -1.64. The molecule has 2 saturated carbocycles. The fourth-order valence-corrected chi connectivity index (χ4v) is 5.28. The van der Waals surface area contributed by atoms with E-state index in [-0.39, 0.29) is 36.4 Å². The monoisotopic (exact) mass is 350 g/mol. The van der Waals surface area contributed by atoms with Crippen LogP contribution in [0, 0.1) is 28.6 Å². The van der Waals surface area contributed by atoms with Gasteiger partial charge in [0.25, 0.3) is 0 Å². The van der Waals surface area contributed by atoms with Crippen molar-refractivity contribution in [3.05, 3.63) is 0 Å². The SMILES string of the molecule is CC(=O)OC1C[C@@H]2CC(C)(CCC(=O)N3C[C@@H](F)C[C@H]3C#N)C[C@@H]2C1. The third kappa shape index (κ3) is 3.96. The number of likely N-dealkylation sites (tertiary alicyclic amines) is 1. The zero-order valence-electron chi connectivity index (χ0n) is 15.0. The van der Waals surface area contributed by atoms with E-state index in [0.29, 0.717) is 18.3 Å². The molecule has 1 saturated heterocycles. The van der Waals surface area contributed by atoms with Crippen molar-refractivity contribution in [3.8, 4) is 6.07 Å². The third-order valence-corrected chi connectivity index (χ3v) is 6.30. The first kappa shape index (κ1) is 18.2. The molecule has 0 aromatic carbocycles. The molecule has 1 aliphatic heterocycles. The van der Waals surface area contributed by atoms with Crippen LogP contribution in [0.2, 0.25) is 0 Å². The van der Waals surface area contributed by atoms with Crippen LogP contribution < -0.4 is 0 Å². The van der Waals surface area contributed by atoms with Crippen molar-refractivity contribution in [1.29, 1.82) is 5.26 Å². The number of amides is 1. The fourth-order valence-electron chi connectivity index (χ4n) is 5.28. The molecular weight excluding hydrogens is 323 g/mol. The van der Waals surface area contributed by atoms with E-state index in [1.807, 2.05) is 6.07 Å². The predicted octanol–water partition coefficient (Wildman–Crippen LogP) is 2.99. The highest BCUT2D eigenvalue weighted by molar-refractivity contribution is 5.77. The summed E-state index contributed by atoms with van der Waals surface area (Å²) in [5.74, 6) is 0.835. The number of alkyl halides is 1. The second kappa shape index (κ2) is 6.93. The summed E-state index contributed by atoms with van der Waals surface area (Å²) in [4.78, 5) is 25.0. The van der Waals surface area contributed by atoms with Crippen LogP contribution in [0.5, 0.6) is 0 Å². The van der Waals surface area contributed by atoms with Gasteiger partial charge in [-0.2, -0.15) is 5.26 Å². The second-order valence-electron chi connectivity index (χ2n) is 8.47. The summed E-state index contributed by atoms with van der Waals surface area (Å²) in [7, 11) is 0. The molecule has 0 aromatic heterocycles. The normalized spacial score (nSPS) is 39.9. The van der Waals surface area contributed by atoms with Crippen molar-refractivity contribution in [2.45, 2.75) is 77.1 Å². The highest BCUT2D eigenvalue weighted by Crippen LogP contribution is 2.55. The van der Waals surface area contributed by atoms with Gasteiger partial charge in [0.15, 0.2) is 0 Å². The number of rotatable bonds is 4. The van der Waals surface area contributed by atoms with Gasteiger partial charge >= 0.3 is 5.97 Å². The van der Waals surface area contributed by atoms with E-state index < -0.39 is 12.2 Å². The number of halogens is 1. The van der Waals surface area contributed by atoms with Crippen molar-refractivity contribution in [2.24, 2.45) is 17.3 Å². The quantitative estimate of drug-likeness (QED) is 0.731. The Balaban J connectivity index is 1.49. The first-order valence-corrected chi connectivity index (χ1v) is 9.30. The topological polar surface area (TPSA) is 70.4 Å². The largest absolute Gasteiger partial charge is 0.463 e. The molecule has 0 aromatic rings. The van der Waals surface area contributed by atoms with Gasteiger partial charge in [-0.15, -0.1) is 0 Å². The smallest absolute Gasteiger partial charge is 0.302 e. The van der Waals surface area contributed by atoms with Crippen LogP contribution >= 0.6 is 0 Å². The van der Waals surface area contributed by atoms with E-state index in [1.54, 1.807) is 0 Å². The molecule has 25 heavy (non-hydrogen) atoms. The number of carbonyl (C=O) groups excluding carboxylic acids is 2. The van der Waals surface area contributed by atoms with Gasteiger partial charge in [-0.05, 0) is 49.4 Å². The minimum absolute atomic E-state index is 0.0566. The van der Waals surface area contributed by atoms with Crippen molar-refractivity contribution in [3.63, 3.8) is 0 Å². The lowest BCUT2D eigenvalue weighted by Crippen LogP contribution is -2.35. The zero-order valence-corrected chi connectivity index (χ0v) is 15.0. The number of hydrogen-bond acceptors (Lipinski definition) is 4. The number of nitriles is 1. The van der Waals surface area contributed by atoms with Crippen molar-refractivity contribution in [1.82, 2.24) is 4.90 Å². The van der Waals surface area contributed by atoms with Crippen molar-refractivity contribution in [2.75, 3.05) is 6.54 Å². The minimum Gasteiger partial charge on any atom is -0.463 e. The lowest BCUT2D eigenvalue weighted by molar-refractivity contribution is -0.146. The highest BCUT2D eigenvalue weighted by Gasteiger charge is 2.48. The summed E-state index contributed by atoms with van der Waals surface area (Å²) in [6.45, 7) is 3.74. The molecule has 0 spiro atoms. The summed E-state index contributed by atoms with van der Waals surface area (Å²) in [5, 5.41) is 9.08. The molecule has 0 N–H and O–H groups in total. The Morgan fingerprint density at radius 1 is 1.28 bits per heavy atom. The molecule has 2 unspecified atom stereocenters. The van der Waals surface area contributed by atoms with Gasteiger partial charge in [0.2, 0.25) is 5.91 Å². The maximum atomic E-state index is 13.5. The molecule has 6 atom stereocenters. The molecule has 1 heterocycles. The Morgan fingerprint density at radius 2 is 1.92 bits per heavy atom. The van der Waals surface area contributed by atoms with Gasteiger partial charge in [0.05, 0.1) is 12.6 Å². The summed E-state index contributed by atoms with van der Waals surface area (Å²) in [6, 6.07) is 1.43. The summed E-state index contributed by atoms with van der Waals surface area (Å²) >= 11 is 0. The molecule has 0 bridgehead atoms. The van der Waals surface area contributed by atoms with E-state index in [4.69, 9.17) is 10.00 Å². The Kier molecular flexibility index (Phi) is 5.04. The van der Waals surface area contributed by atoms with Gasteiger partial charge < -0.3 is 9.64 Å². The molecule has 138 valence electrons. The molecule has 5 nitrogen and oxygen atoms in total. The third-order valence-electron chi connectivity index (χ3n) is 6.30. The highest BCUT2D eigenvalue weighted by atomic mass is 19.1. The van der Waals surface area contributed by atoms with Crippen LogP contribution in [0.3, 0.4) is 0 Å². The molecular formula is C19H27FN2O3. The number of esters is 1. The van der Waals surface area contributed by atoms with Gasteiger partial charge in [0.1, 0.15) is 18.3 Å². The Morgan fingerprint density at radius 3 is 2.48 bits per heavy atom. The van der Waals surface area contributed by atoms with Crippen LogP contribution in [-0.2, 0) is 14.3 Å². The summed E-state index contributed by atoms with van der Waals surface area (Å²) < 4.78 is 18.8. The zero-order chi connectivity index (χ0) is 18.2. The Labute approximate surface area is 148 Å². The van der Waals surface area contributed by atoms with E-state index >= 15 is 0 Å². The van der Waals surface area contributed by atoms with Crippen LogP contribution in [0.4, 0.5) is 4.39 Å². The first-order chi connectivity index (χ1) is 11.8. The number of nitrogens with zero attached hydrogens (tertiary/aromatic N) is 2. The summed E-state index contributed by atoms with van der Waals surface area (Å²) in [5.41, 5.74) is 0.114. The van der Waals surface area contributed by atoms with Gasteiger partial charge in [-0.25, -0.2) is 4.39 Å². The first-order valence-electron chi connectivity index (χ1n) is 9.30. The predicted molar refractivity (Wildman–Crippen MR) is 89.0 cm³/mol. The average Bonchev–Trinajstić information content (AvgIpc) is 3.15. The van der Waals surface area contributed by atoms with Gasteiger partial charge in [0, 0.05) is 19.8 Å². The fraction of sp³-hybridized carbons (Fsp3) is 0.842. The average molecular weight is 350 g/mol. The van der Waals surface area contributed by atoms with Crippen LogP contribution in [-0.4, -0.2) is 41.6 Å². The molecule has 6 heteroatoms. The van der Waals surface area contributed by atoms with E-state index in [1.165, 1.54) is 11.8 Å².